The second-order valence-electron chi connectivity index (χ2n) is 13.2. The van der Waals surface area contributed by atoms with Gasteiger partial charge in [0.15, 0.2) is 6.23 Å². The van der Waals surface area contributed by atoms with Crippen molar-refractivity contribution in [2.75, 3.05) is 19.4 Å². The lowest BCUT2D eigenvalue weighted by molar-refractivity contribution is -0.233. The van der Waals surface area contributed by atoms with Crippen LogP contribution in [0.15, 0.2) is 113 Å². The maximum Gasteiger partial charge on any atom is 0.524 e. The molecular weight excluding hydrogens is 825 g/mol. The highest BCUT2D eigenvalue weighted by molar-refractivity contribution is 7.65. The number of aromatic nitrogens is 2. The average molecular weight is 868 g/mol. The van der Waals surface area contributed by atoms with Gasteiger partial charge in [-0.15, -0.1) is 0 Å². The van der Waals surface area contributed by atoms with Crippen molar-refractivity contribution in [2.24, 2.45) is 0 Å². The van der Waals surface area contributed by atoms with E-state index in [0.29, 0.717) is 0 Å². The van der Waals surface area contributed by atoms with Gasteiger partial charge in [-0.2, -0.15) is 4.31 Å². The summed E-state index contributed by atoms with van der Waals surface area (Å²) in [6.45, 7) is -0.618. The van der Waals surface area contributed by atoms with Crippen molar-refractivity contribution in [1.29, 1.82) is 0 Å². The zero-order chi connectivity index (χ0) is 41.3. The fourth-order valence-corrected chi connectivity index (χ4v) is 9.95. The van der Waals surface area contributed by atoms with Gasteiger partial charge in [-0.05, 0) is 25.6 Å². The van der Waals surface area contributed by atoms with Crippen LogP contribution in [-0.2, 0) is 70.3 Å². The quantitative estimate of drug-likeness (QED) is 0.0847. The highest BCUT2D eigenvalue weighted by atomic mass is 31.3. The summed E-state index contributed by atoms with van der Waals surface area (Å²) in [5.41, 5.74) is 0.834. The van der Waals surface area contributed by atoms with Gasteiger partial charge in [-0.3, -0.25) is 23.8 Å². The van der Waals surface area contributed by atoms with Crippen LogP contribution in [0.4, 0.5) is 0 Å². The summed E-state index contributed by atoms with van der Waals surface area (Å²) < 4.78 is 84.1. The van der Waals surface area contributed by atoms with Crippen LogP contribution in [0.25, 0.3) is 0 Å². The molecule has 0 spiro atoms. The lowest BCUT2D eigenvalue weighted by Gasteiger charge is -2.41. The molecule has 2 aliphatic rings. The molecule has 312 valence electrons. The van der Waals surface area contributed by atoms with E-state index in [4.69, 9.17) is 32.5 Å². The van der Waals surface area contributed by atoms with E-state index in [1.54, 1.807) is 0 Å². The highest BCUT2D eigenvalue weighted by Gasteiger charge is 2.50. The van der Waals surface area contributed by atoms with Crippen LogP contribution >= 0.6 is 23.7 Å². The maximum atomic E-state index is 13.3. The number of benzene rings is 3. The smallest absolute Gasteiger partial charge is 0.387 e. The van der Waals surface area contributed by atoms with Gasteiger partial charge in [-0.1, -0.05) is 91.0 Å². The molecule has 2 fully saturated rings. The van der Waals surface area contributed by atoms with Crippen molar-refractivity contribution < 1.29 is 70.5 Å². The molecule has 6 rings (SSSR count). The van der Waals surface area contributed by atoms with E-state index in [1.165, 1.54) is 0 Å². The number of nitrogens with one attached hydrogen (secondary N) is 1. The molecule has 1 aromatic heterocycles. The zero-order valence-corrected chi connectivity index (χ0v) is 33.2. The van der Waals surface area contributed by atoms with Crippen LogP contribution in [0.1, 0.15) is 22.9 Å². The Morgan fingerprint density at radius 2 is 1.29 bits per heavy atom. The van der Waals surface area contributed by atoms with E-state index >= 15 is 0 Å². The van der Waals surface area contributed by atoms with Crippen LogP contribution in [0, 0.1) is 0 Å². The SMILES string of the molecule is O=c1ccn([C@@H]2O[C@H](COP(=O)(O)OP(=O)(O)O[P+](=O)C[C@H]3OC[C@@H](OCc4ccccc4)[C@H](OCc4ccccc4)[C@H]3OCc3ccccc3)[C@@H](O)[C@H]2O)c(=O)[nH]1. The number of aliphatic hydroxyl groups excluding tert-OH is 2. The second-order valence-corrected chi connectivity index (χ2v) is 17.7. The Morgan fingerprint density at radius 1 is 0.741 bits per heavy atom. The summed E-state index contributed by atoms with van der Waals surface area (Å²) in [5.74, 6) is 0. The number of phosphoric ester groups is 1. The summed E-state index contributed by atoms with van der Waals surface area (Å²) in [5, 5.41) is 20.8. The summed E-state index contributed by atoms with van der Waals surface area (Å²) in [7, 11) is -14.3. The van der Waals surface area contributed by atoms with Crippen molar-refractivity contribution in [3.05, 3.63) is 141 Å². The van der Waals surface area contributed by atoms with E-state index in [9.17, 15) is 43.3 Å². The number of phosphoric acid groups is 2. The van der Waals surface area contributed by atoms with E-state index in [2.05, 4.69) is 4.31 Å². The summed E-state index contributed by atoms with van der Waals surface area (Å²) in [6, 6.07) is 28.9. The molecule has 0 aliphatic carbocycles. The molecule has 3 aromatic carbocycles. The van der Waals surface area contributed by atoms with Crippen molar-refractivity contribution in [3.8, 4) is 0 Å². The van der Waals surface area contributed by atoms with Crippen molar-refractivity contribution in [2.45, 2.75) is 68.8 Å². The predicted molar refractivity (Wildman–Crippen MR) is 202 cm³/mol. The number of hydrogen-bond donors (Lipinski definition) is 5. The monoisotopic (exact) mass is 867 g/mol. The Labute approximate surface area is 332 Å². The highest BCUT2D eigenvalue weighted by Crippen LogP contribution is 2.64. The van der Waals surface area contributed by atoms with Gasteiger partial charge < -0.3 is 38.8 Å². The molecule has 3 unspecified atom stereocenters. The fraction of sp³-hybridized carbons (Fsp3) is 0.389. The minimum absolute atomic E-state index is 0.0558. The molecule has 11 atom stereocenters. The van der Waals surface area contributed by atoms with Gasteiger partial charge in [0.25, 0.3) is 5.56 Å². The molecule has 2 saturated heterocycles. The van der Waals surface area contributed by atoms with Gasteiger partial charge in [-0.25, -0.2) is 13.9 Å². The molecule has 5 N–H and O–H groups in total. The molecule has 19 nitrogen and oxygen atoms in total. The topological polar surface area (TPSA) is 261 Å². The van der Waals surface area contributed by atoms with E-state index in [0.717, 1.165) is 33.5 Å². The van der Waals surface area contributed by atoms with Gasteiger partial charge in [0.1, 0.15) is 42.7 Å². The number of aromatic amines is 1. The number of rotatable bonds is 19. The first-order chi connectivity index (χ1) is 27.8. The van der Waals surface area contributed by atoms with Gasteiger partial charge >= 0.3 is 29.4 Å². The first-order valence-corrected chi connectivity index (χ1v) is 22.2. The number of ether oxygens (including phenoxy) is 5. The second kappa shape index (κ2) is 20.1. The Bertz CT molecular complexity index is 2160. The lowest BCUT2D eigenvalue weighted by atomic mass is 9.99. The number of aliphatic hydroxyl groups is 2. The first-order valence-electron chi connectivity index (χ1n) is 17.8. The molecule has 4 aromatic rings. The number of nitrogens with zero attached hydrogens (tertiary/aromatic N) is 1. The summed E-state index contributed by atoms with van der Waals surface area (Å²) >= 11 is 0. The molecule has 0 amide bonds. The minimum Gasteiger partial charge on any atom is -0.387 e. The van der Waals surface area contributed by atoms with Crippen LogP contribution in [0.3, 0.4) is 0 Å². The number of H-pyrrole nitrogens is 1. The molecule has 2 aliphatic heterocycles. The van der Waals surface area contributed by atoms with Gasteiger partial charge in [0.2, 0.25) is 6.16 Å². The van der Waals surface area contributed by atoms with Gasteiger partial charge in [0, 0.05) is 12.3 Å². The number of hydrogen-bond acceptors (Lipinski definition) is 15. The van der Waals surface area contributed by atoms with E-state index in [1.807, 2.05) is 96.0 Å². The van der Waals surface area contributed by atoms with E-state index in [-0.39, 0.29) is 26.4 Å². The third-order valence-electron chi connectivity index (χ3n) is 9.00. The normalized spacial score (nSPS) is 27.1. The molecule has 0 radical (unpaired) electrons. The Kier molecular flexibility index (Phi) is 15.3. The fourth-order valence-electron chi connectivity index (χ4n) is 6.20. The minimum atomic E-state index is -5.61. The third-order valence-corrected chi connectivity index (χ3v) is 13.3. The molecule has 22 heteroatoms. The van der Waals surface area contributed by atoms with Crippen molar-refractivity contribution in [3.63, 3.8) is 0 Å². The largest absolute Gasteiger partial charge is 0.524 e. The summed E-state index contributed by atoms with van der Waals surface area (Å²) in [6.07, 6.45) is -9.75. The molecule has 0 saturated carbocycles. The maximum absolute atomic E-state index is 13.3. The molecule has 3 heterocycles. The lowest BCUT2D eigenvalue weighted by Crippen LogP contribution is -2.56. The van der Waals surface area contributed by atoms with Gasteiger partial charge in [0.05, 0.1) is 33.0 Å². The standard InChI is InChI=1S/C36H41N2O17P3/c39-30-16-17-38(36(42)37-30)35-32(41)31(40)27(53-35)22-52-57(44,45)55-58(46,47)54-56(43)23-29-34(51-20-26-14-8-3-9-15-26)33(50-19-25-12-6-2-7-13-25)28(21-49-29)48-18-24-10-4-1-5-11-24/h1-17,27-29,31-35,40-41H,18-23H2,(H2-,37,39,42,44,45,46,47)/p+1/t27-,28-,29-,31-,32-,33+,34+,35-/m1/s1. The molecular formula is C36H42N2O17P3+. The van der Waals surface area contributed by atoms with Crippen LogP contribution < -0.4 is 11.2 Å². The third kappa shape index (κ3) is 12.2. The summed E-state index contributed by atoms with van der Waals surface area (Å²) in [4.78, 5) is 46.1. The molecule has 0 bridgehead atoms. The van der Waals surface area contributed by atoms with Crippen LogP contribution in [-0.4, -0.2) is 91.7 Å². The Morgan fingerprint density at radius 3 is 1.86 bits per heavy atom. The Hall–Kier alpha value is -3.58. The van der Waals surface area contributed by atoms with Crippen LogP contribution in [0.2, 0.25) is 0 Å². The van der Waals surface area contributed by atoms with Crippen LogP contribution in [0.5, 0.6) is 0 Å². The zero-order valence-electron chi connectivity index (χ0n) is 30.6. The van der Waals surface area contributed by atoms with Crippen molar-refractivity contribution >= 4 is 23.7 Å². The average Bonchev–Trinajstić information content (AvgIpc) is 3.47. The van der Waals surface area contributed by atoms with E-state index < -0.39 is 96.6 Å². The predicted octanol–water partition coefficient (Wildman–Crippen LogP) is 3.30. The molecule has 58 heavy (non-hydrogen) atoms. The van der Waals surface area contributed by atoms with Crippen molar-refractivity contribution in [1.82, 2.24) is 9.55 Å². The first kappa shape index (κ1) is 44.0. The Balaban J connectivity index is 1.11.